The number of sulfone groups is 1. The summed E-state index contributed by atoms with van der Waals surface area (Å²) in [7, 11) is -3.08. The second-order valence-corrected chi connectivity index (χ2v) is 7.37. The smallest absolute Gasteiger partial charge is 0.237 e. The Kier molecular flexibility index (Phi) is 8.95. The summed E-state index contributed by atoms with van der Waals surface area (Å²) in [6.07, 6.45) is 2.25. The van der Waals surface area contributed by atoms with Gasteiger partial charge in [-0.3, -0.25) is 4.79 Å². The average Bonchev–Trinajstić information content (AvgIpc) is 2.28. The van der Waals surface area contributed by atoms with Crippen LogP contribution in [0.1, 0.15) is 26.7 Å². The summed E-state index contributed by atoms with van der Waals surface area (Å²) in [5.74, 6) is 0.182. The molecule has 0 aliphatic carbocycles. The van der Waals surface area contributed by atoms with E-state index in [4.69, 9.17) is 10.5 Å². The zero-order chi connectivity index (χ0) is 14.9. The number of ether oxygens (including phenoxy) is 1. The lowest BCUT2D eigenvalue weighted by Crippen LogP contribution is -2.42. The minimum absolute atomic E-state index is 0.0769. The third kappa shape index (κ3) is 12.1. The van der Waals surface area contributed by atoms with Crippen LogP contribution in [0.15, 0.2) is 0 Å². The summed E-state index contributed by atoms with van der Waals surface area (Å²) in [4.78, 5) is 11.5. The molecule has 0 saturated heterocycles. The SMILES string of the molecule is CC(C)CCOCCNC(=O)C(N)CCS(C)(=O)=O. The monoisotopic (exact) mass is 294 g/mol. The van der Waals surface area contributed by atoms with Crippen molar-refractivity contribution in [3.63, 3.8) is 0 Å². The van der Waals surface area contributed by atoms with Crippen molar-refractivity contribution in [2.75, 3.05) is 31.8 Å². The Morgan fingerprint density at radius 1 is 1.26 bits per heavy atom. The van der Waals surface area contributed by atoms with Gasteiger partial charge < -0.3 is 15.8 Å². The molecule has 0 radical (unpaired) electrons. The summed E-state index contributed by atoms with van der Waals surface area (Å²) in [6, 6.07) is -0.787. The molecule has 1 amide bonds. The van der Waals surface area contributed by atoms with E-state index in [1.807, 2.05) is 0 Å². The van der Waals surface area contributed by atoms with Crippen LogP contribution in [0.2, 0.25) is 0 Å². The van der Waals surface area contributed by atoms with Gasteiger partial charge in [-0.15, -0.1) is 0 Å². The second-order valence-electron chi connectivity index (χ2n) is 5.11. The molecule has 1 unspecified atom stereocenters. The van der Waals surface area contributed by atoms with Gasteiger partial charge in [-0.05, 0) is 18.8 Å². The Labute approximate surface area is 116 Å². The molecular formula is C12H26N2O4S. The molecule has 7 heteroatoms. The van der Waals surface area contributed by atoms with E-state index in [1.165, 1.54) is 0 Å². The second kappa shape index (κ2) is 9.28. The molecule has 0 saturated carbocycles. The van der Waals surface area contributed by atoms with E-state index >= 15 is 0 Å². The van der Waals surface area contributed by atoms with Gasteiger partial charge >= 0.3 is 0 Å². The van der Waals surface area contributed by atoms with E-state index in [-0.39, 0.29) is 18.1 Å². The molecule has 0 bridgehead atoms. The fourth-order valence-corrected chi connectivity index (χ4v) is 1.95. The maximum atomic E-state index is 11.5. The summed E-state index contributed by atoms with van der Waals surface area (Å²) in [6.45, 7) is 5.74. The Morgan fingerprint density at radius 2 is 1.89 bits per heavy atom. The Bertz CT molecular complexity index is 355. The predicted octanol–water partition coefficient (Wildman–Crippen LogP) is -0.0727. The maximum Gasteiger partial charge on any atom is 0.237 e. The normalized spacial score (nSPS) is 13.5. The lowest BCUT2D eigenvalue weighted by atomic mass is 10.1. The van der Waals surface area contributed by atoms with E-state index < -0.39 is 15.9 Å². The summed E-state index contributed by atoms with van der Waals surface area (Å²) >= 11 is 0. The van der Waals surface area contributed by atoms with Crippen molar-refractivity contribution >= 4 is 15.7 Å². The van der Waals surface area contributed by atoms with Crippen LogP contribution in [-0.4, -0.2) is 52.1 Å². The van der Waals surface area contributed by atoms with Gasteiger partial charge in [0.1, 0.15) is 9.84 Å². The van der Waals surface area contributed by atoms with Gasteiger partial charge in [0, 0.05) is 19.4 Å². The van der Waals surface area contributed by atoms with Crippen LogP contribution in [0.25, 0.3) is 0 Å². The van der Waals surface area contributed by atoms with Crippen LogP contribution >= 0.6 is 0 Å². The first-order valence-corrected chi connectivity index (χ1v) is 8.57. The van der Waals surface area contributed by atoms with Crippen molar-refractivity contribution in [1.82, 2.24) is 5.32 Å². The lowest BCUT2D eigenvalue weighted by molar-refractivity contribution is -0.122. The minimum atomic E-state index is -3.08. The van der Waals surface area contributed by atoms with Gasteiger partial charge in [-0.1, -0.05) is 13.8 Å². The molecule has 0 aliphatic heterocycles. The molecule has 0 fully saturated rings. The first kappa shape index (κ1) is 18.3. The Hall–Kier alpha value is -0.660. The average molecular weight is 294 g/mol. The first-order valence-electron chi connectivity index (χ1n) is 6.51. The third-order valence-electron chi connectivity index (χ3n) is 2.52. The molecule has 19 heavy (non-hydrogen) atoms. The molecule has 0 spiro atoms. The number of hydrogen-bond acceptors (Lipinski definition) is 5. The van der Waals surface area contributed by atoms with Gasteiger partial charge in [0.15, 0.2) is 0 Å². The van der Waals surface area contributed by atoms with E-state index in [2.05, 4.69) is 19.2 Å². The van der Waals surface area contributed by atoms with Gasteiger partial charge in [0.25, 0.3) is 0 Å². The van der Waals surface area contributed by atoms with Crippen molar-refractivity contribution in [2.45, 2.75) is 32.7 Å². The molecule has 3 N–H and O–H groups in total. The van der Waals surface area contributed by atoms with Crippen molar-refractivity contribution in [3.05, 3.63) is 0 Å². The zero-order valence-electron chi connectivity index (χ0n) is 12.0. The Morgan fingerprint density at radius 3 is 2.42 bits per heavy atom. The molecule has 0 rings (SSSR count). The molecule has 0 aromatic heterocycles. The summed E-state index contributed by atoms with van der Waals surface area (Å²) in [5.41, 5.74) is 5.59. The fourth-order valence-electron chi connectivity index (χ4n) is 1.27. The summed E-state index contributed by atoms with van der Waals surface area (Å²) < 4.78 is 27.2. The standard InChI is InChI=1S/C12H26N2O4S/c1-10(2)4-7-18-8-6-14-12(15)11(13)5-9-19(3,16)17/h10-11H,4-9,13H2,1-3H3,(H,14,15). The van der Waals surface area contributed by atoms with Crippen molar-refractivity contribution in [1.29, 1.82) is 0 Å². The minimum Gasteiger partial charge on any atom is -0.380 e. The fraction of sp³-hybridized carbons (Fsp3) is 0.917. The molecule has 0 aromatic carbocycles. The number of carbonyl (C=O) groups excluding carboxylic acids is 1. The predicted molar refractivity (Wildman–Crippen MR) is 75.6 cm³/mol. The molecule has 0 aromatic rings. The van der Waals surface area contributed by atoms with E-state index in [1.54, 1.807) is 0 Å². The number of amides is 1. The topological polar surface area (TPSA) is 98.5 Å². The quantitative estimate of drug-likeness (QED) is 0.549. The van der Waals surface area contributed by atoms with E-state index in [9.17, 15) is 13.2 Å². The number of rotatable bonds is 10. The van der Waals surface area contributed by atoms with Crippen LogP contribution < -0.4 is 11.1 Å². The molecule has 0 aliphatic rings. The van der Waals surface area contributed by atoms with E-state index in [0.29, 0.717) is 25.7 Å². The van der Waals surface area contributed by atoms with Crippen LogP contribution in [0.5, 0.6) is 0 Å². The van der Waals surface area contributed by atoms with Crippen molar-refractivity contribution < 1.29 is 17.9 Å². The number of hydrogen-bond donors (Lipinski definition) is 2. The van der Waals surface area contributed by atoms with Crippen molar-refractivity contribution in [3.8, 4) is 0 Å². The van der Waals surface area contributed by atoms with Crippen LogP contribution in [0, 0.1) is 5.92 Å². The first-order chi connectivity index (χ1) is 8.72. The van der Waals surface area contributed by atoms with Crippen LogP contribution in [0.4, 0.5) is 0 Å². The highest BCUT2D eigenvalue weighted by atomic mass is 32.2. The highest BCUT2D eigenvalue weighted by Gasteiger charge is 2.15. The van der Waals surface area contributed by atoms with Crippen LogP contribution in [0.3, 0.4) is 0 Å². The molecule has 1 atom stereocenters. The van der Waals surface area contributed by atoms with Gasteiger partial charge in [0.05, 0.1) is 18.4 Å². The largest absolute Gasteiger partial charge is 0.380 e. The Balaban J connectivity index is 3.63. The molecule has 0 heterocycles. The lowest BCUT2D eigenvalue weighted by Gasteiger charge is -2.12. The van der Waals surface area contributed by atoms with Gasteiger partial charge in [-0.25, -0.2) is 8.42 Å². The maximum absolute atomic E-state index is 11.5. The number of nitrogens with one attached hydrogen (secondary N) is 1. The summed E-state index contributed by atoms with van der Waals surface area (Å²) in [5, 5.41) is 2.62. The number of nitrogens with two attached hydrogens (primary N) is 1. The van der Waals surface area contributed by atoms with Gasteiger partial charge in [-0.2, -0.15) is 0 Å². The molecule has 6 nitrogen and oxygen atoms in total. The molecular weight excluding hydrogens is 268 g/mol. The molecule has 114 valence electrons. The highest BCUT2D eigenvalue weighted by molar-refractivity contribution is 7.90. The van der Waals surface area contributed by atoms with Crippen LogP contribution in [-0.2, 0) is 19.4 Å². The van der Waals surface area contributed by atoms with Crippen molar-refractivity contribution in [2.24, 2.45) is 11.7 Å². The van der Waals surface area contributed by atoms with E-state index in [0.717, 1.165) is 12.7 Å². The third-order valence-corrected chi connectivity index (χ3v) is 3.50. The highest BCUT2D eigenvalue weighted by Crippen LogP contribution is 1.98. The van der Waals surface area contributed by atoms with Gasteiger partial charge in [0.2, 0.25) is 5.91 Å². The zero-order valence-corrected chi connectivity index (χ0v) is 12.8. The number of carbonyl (C=O) groups is 1.